The third-order valence-corrected chi connectivity index (χ3v) is 8.77. The summed E-state index contributed by atoms with van der Waals surface area (Å²) in [6.45, 7) is 0. The Hall–Kier alpha value is -1.82. The molecule has 26 heteroatoms. The Kier molecular flexibility index (Phi) is 5.39. The Balaban J connectivity index is 2.48. The van der Waals surface area contributed by atoms with Crippen LogP contribution in [0.15, 0.2) is 0 Å². The first kappa shape index (κ1) is 34.1. The van der Waals surface area contributed by atoms with E-state index in [9.17, 15) is 96.6 Å². The Morgan fingerprint density at radius 3 is 0.860 bits per heavy atom. The van der Waals surface area contributed by atoms with Crippen molar-refractivity contribution in [2.75, 3.05) is 0 Å². The lowest BCUT2D eigenvalue weighted by atomic mass is 9.16. The largest absolute Gasteiger partial charge is 0.407 e. The molecule has 252 valence electrons. The fourth-order valence-electron chi connectivity index (χ4n) is 7.26. The molecule has 0 aromatic carbocycles. The normalized spacial score (nSPS) is 49.0. The Morgan fingerprint density at radius 1 is 0.302 bits per heavy atom. The van der Waals surface area contributed by atoms with E-state index in [1.54, 1.807) is 0 Å². The lowest BCUT2D eigenvalue weighted by Gasteiger charge is -2.87. The molecule has 0 unspecified atom stereocenters. The zero-order valence-corrected chi connectivity index (χ0v) is 18.5. The van der Waals surface area contributed by atoms with Crippen molar-refractivity contribution in [3.63, 3.8) is 0 Å². The van der Waals surface area contributed by atoms with Gasteiger partial charge in [-0.1, -0.05) is 0 Å². The maximum absolute atomic E-state index is 16.2. The average molecular weight is 700 g/mol. The van der Waals surface area contributed by atoms with Gasteiger partial charge < -0.3 is 0 Å². The molecule has 0 aliphatic heterocycles. The summed E-state index contributed by atoms with van der Waals surface area (Å²) in [5, 5.41) is 0. The summed E-state index contributed by atoms with van der Waals surface area (Å²) in [5.74, 6) is -71.2. The van der Waals surface area contributed by atoms with Gasteiger partial charge >= 0.3 is 59.7 Å². The second-order valence-corrected chi connectivity index (χ2v) is 10.2. The number of hydrogen-bond donors (Lipinski definition) is 0. The van der Waals surface area contributed by atoms with Crippen LogP contribution < -0.4 is 0 Å². The molecule has 0 nitrogen and oxygen atoms in total. The van der Waals surface area contributed by atoms with E-state index in [1.165, 1.54) is 0 Å². The molecule has 4 fully saturated rings. The van der Waals surface area contributed by atoms with Gasteiger partial charge in [-0.3, -0.25) is 0 Å². The van der Waals surface area contributed by atoms with Gasteiger partial charge in [0, 0.05) is 0 Å². The maximum atomic E-state index is 16.2. The molecule has 0 bridgehead atoms. The summed E-state index contributed by atoms with van der Waals surface area (Å²) in [5.41, 5.74) is -53.4. The van der Waals surface area contributed by atoms with Crippen LogP contribution in [0.25, 0.3) is 0 Å². The van der Waals surface area contributed by atoms with Gasteiger partial charge in [-0.05, 0) is 0 Å². The van der Waals surface area contributed by atoms with Gasteiger partial charge in [-0.25, -0.2) is 17.6 Å². The minimum atomic E-state index is -9.46. The highest BCUT2D eigenvalue weighted by Gasteiger charge is 3.30. The van der Waals surface area contributed by atoms with Crippen LogP contribution in [0.4, 0.5) is 114 Å². The van der Waals surface area contributed by atoms with Crippen LogP contribution >= 0.6 is 0 Å². The van der Waals surface area contributed by atoms with Crippen molar-refractivity contribution in [2.45, 2.75) is 88.8 Å². The molecule has 4 rings (SSSR count). The molecular formula is C17H2F26. The minimum absolute atomic E-state index is 5.61. The highest BCUT2D eigenvalue weighted by Crippen LogP contribution is 3.02. The molecule has 0 N–H and O–H groups in total. The van der Waals surface area contributed by atoms with Crippen molar-refractivity contribution >= 4 is 0 Å². The standard InChI is InChI=1S/C17H2F26/c18-3(19,20)1-2-5(21)4(17(41,42)43,9(25,26)10(5,27)28)6(2,22)11(29,30)13(33,34)8(24)7(2,23)12(31,32)15(37,38)16(39,40)14(8,35)36/h1H2/t2-,4+,5+,6-,7-,8-/m1/s1. The average Bonchev–Trinajstić information content (AvgIpc) is 2.76. The minimum Gasteiger partial charge on any atom is -0.235 e. The van der Waals surface area contributed by atoms with Crippen LogP contribution in [0.2, 0.25) is 0 Å². The van der Waals surface area contributed by atoms with E-state index in [1.807, 2.05) is 0 Å². The van der Waals surface area contributed by atoms with Crippen molar-refractivity contribution in [3.8, 4) is 0 Å². The summed E-state index contributed by atoms with van der Waals surface area (Å²) in [7, 11) is 0. The van der Waals surface area contributed by atoms with Crippen LogP contribution in [0.1, 0.15) is 6.42 Å². The van der Waals surface area contributed by atoms with E-state index in [4.69, 9.17) is 0 Å². The third-order valence-electron chi connectivity index (χ3n) is 8.77. The molecular weight excluding hydrogens is 698 g/mol. The predicted molar refractivity (Wildman–Crippen MR) is 76.5 cm³/mol. The molecule has 0 radical (unpaired) electrons. The Labute approximate surface area is 215 Å². The molecule has 0 aromatic heterocycles. The van der Waals surface area contributed by atoms with Gasteiger partial charge in [0.05, 0.1) is 6.42 Å². The molecule has 0 saturated heterocycles. The molecule has 4 saturated carbocycles. The summed E-state index contributed by atoms with van der Waals surface area (Å²) in [6.07, 6.45) is -21.9. The van der Waals surface area contributed by atoms with Crippen LogP contribution in [0.3, 0.4) is 0 Å². The monoisotopic (exact) mass is 700 g/mol. The second-order valence-electron chi connectivity index (χ2n) is 10.2. The molecule has 43 heavy (non-hydrogen) atoms. The zero-order valence-electron chi connectivity index (χ0n) is 18.5. The third kappa shape index (κ3) is 2.12. The van der Waals surface area contributed by atoms with Gasteiger partial charge in [-0.2, -0.15) is 96.6 Å². The van der Waals surface area contributed by atoms with Gasteiger partial charge in [0.2, 0.25) is 22.4 Å². The first-order chi connectivity index (χ1) is 18.2. The summed E-state index contributed by atoms with van der Waals surface area (Å²) in [6, 6.07) is 0. The summed E-state index contributed by atoms with van der Waals surface area (Å²) >= 11 is 0. The fraction of sp³-hybridized carbons (Fsp3) is 1.00. The first-order valence-corrected chi connectivity index (χ1v) is 10.1. The maximum Gasteiger partial charge on any atom is 0.407 e. The highest BCUT2D eigenvalue weighted by molar-refractivity contribution is 5.62. The Bertz CT molecular complexity index is 1270. The highest BCUT2D eigenvalue weighted by atomic mass is 19.4. The zero-order chi connectivity index (χ0) is 34.7. The van der Waals surface area contributed by atoms with Gasteiger partial charge in [0.1, 0.15) is 5.41 Å². The van der Waals surface area contributed by atoms with Crippen LogP contribution in [-0.4, -0.2) is 82.4 Å². The van der Waals surface area contributed by atoms with Crippen molar-refractivity contribution in [3.05, 3.63) is 0 Å². The predicted octanol–water partition coefficient (Wildman–Crippen LogP) is 8.44. The van der Waals surface area contributed by atoms with E-state index < -0.39 is 99.7 Å². The first-order valence-electron chi connectivity index (χ1n) is 10.1. The molecule has 4 aliphatic rings. The van der Waals surface area contributed by atoms with Crippen molar-refractivity contribution < 1.29 is 114 Å². The summed E-state index contributed by atoms with van der Waals surface area (Å²) in [4.78, 5) is 0. The van der Waals surface area contributed by atoms with Gasteiger partial charge in [-0.15, -0.1) is 0 Å². The van der Waals surface area contributed by atoms with Crippen LogP contribution in [0.5, 0.6) is 0 Å². The molecule has 4 aliphatic carbocycles. The van der Waals surface area contributed by atoms with Crippen LogP contribution in [-0.2, 0) is 0 Å². The number of rotatable bonds is 1. The van der Waals surface area contributed by atoms with E-state index in [0.29, 0.717) is 0 Å². The number of hydrogen-bond acceptors (Lipinski definition) is 0. The van der Waals surface area contributed by atoms with E-state index in [-0.39, 0.29) is 0 Å². The molecule has 6 atom stereocenters. The topological polar surface area (TPSA) is 0 Å². The smallest absolute Gasteiger partial charge is 0.235 e. The van der Waals surface area contributed by atoms with Gasteiger partial charge in [0.25, 0.3) is 5.67 Å². The molecule has 0 amide bonds. The van der Waals surface area contributed by atoms with Crippen LogP contribution in [0, 0.1) is 10.8 Å². The SMILES string of the molecule is FC(F)(F)C[C@@]12[C@@]3(F)C(F)(F)C(F)(F)[C@@]3(C(F)(F)F)[C@@]1(F)C(F)(F)C(F)(F)[C@@]1(F)C(F)(F)C(F)(F)C(F)(F)C(F)(F)[C@]12F. The number of alkyl halides is 26. The van der Waals surface area contributed by atoms with Crippen molar-refractivity contribution in [1.29, 1.82) is 0 Å². The van der Waals surface area contributed by atoms with E-state index in [2.05, 4.69) is 0 Å². The number of fused-ring (bicyclic) bond motifs is 6. The lowest BCUT2D eigenvalue weighted by Crippen LogP contribution is -3.16. The van der Waals surface area contributed by atoms with E-state index >= 15 is 17.6 Å². The second kappa shape index (κ2) is 6.81. The molecule has 0 spiro atoms. The Morgan fingerprint density at radius 2 is 0.558 bits per heavy atom. The molecule has 0 heterocycles. The fourth-order valence-corrected chi connectivity index (χ4v) is 7.26. The number of halogens is 26. The quantitative estimate of drug-likeness (QED) is 0.241. The van der Waals surface area contributed by atoms with Gasteiger partial charge in [0.15, 0.2) is 0 Å². The van der Waals surface area contributed by atoms with E-state index in [0.717, 1.165) is 0 Å². The summed E-state index contributed by atoms with van der Waals surface area (Å²) < 4.78 is 376. The van der Waals surface area contributed by atoms with Crippen molar-refractivity contribution in [1.82, 2.24) is 0 Å². The lowest BCUT2D eigenvalue weighted by molar-refractivity contribution is -0.678. The molecule has 0 aromatic rings. The van der Waals surface area contributed by atoms with Crippen molar-refractivity contribution in [2.24, 2.45) is 10.8 Å².